The molecular formula is C23H25NO3. The topological polar surface area (TPSA) is 66.4 Å². The molecule has 27 heavy (non-hydrogen) atoms. The number of carbonyl (C=O) groups excluding carboxylic acids is 1. The number of benzene rings is 2. The van der Waals surface area contributed by atoms with Gasteiger partial charge in [0.25, 0.3) is 5.91 Å². The molecule has 0 unspecified atom stereocenters. The minimum absolute atomic E-state index is 0.278. The van der Waals surface area contributed by atoms with Gasteiger partial charge in [-0.2, -0.15) is 0 Å². The number of aryl methyl sites for hydroxylation is 1. The summed E-state index contributed by atoms with van der Waals surface area (Å²) in [5.41, 5.74) is 3.50. The van der Waals surface area contributed by atoms with Crippen LogP contribution in [-0.4, -0.2) is 22.5 Å². The van der Waals surface area contributed by atoms with Crippen LogP contribution in [0.1, 0.15) is 51.9 Å². The van der Waals surface area contributed by atoms with Gasteiger partial charge >= 0.3 is 5.97 Å². The molecule has 140 valence electrons. The summed E-state index contributed by atoms with van der Waals surface area (Å²) in [6.45, 7) is 2.03. The van der Waals surface area contributed by atoms with E-state index < -0.39 is 11.5 Å². The number of rotatable bonds is 6. The summed E-state index contributed by atoms with van der Waals surface area (Å²) in [5, 5.41) is 12.8. The Bertz CT molecular complexity index is 873. The third kappa shape index (κ3) is 3.48. The van der Waals surface area contributed by atoms with Crippen LogP contribution in [0.3, 0.4) is 0 Å². The van der Waals surface area contributed by atoms with E-state index in [1.54, 1.807) is 0 Å². The predicted molar refractivity (Wildman–Crippen MR) is 104 cm³/mol. The molecule has 0 aromatic heterocycles. The molecule has 1 saturated carbocycles. The van der Waals surface area contributed by atoms with Crippen LogP contribution < -0.4 is 5.32 Å². The Hall–Kier alpha value is -2.62. The number of carboxylic acid groups (broad SMARTS) is 1. The standard InChI is InChI=1S/C23H25NO3/c1-15-5-4-8-20(19(15)12-11-16-9-10-16)21(25)24-23(22(26)27)13-17-6-2-3-7-18(17)14-23/h2-8,16H,9-14H2,1H3,(H,24,25)(H,26,27). The molecule has 1 amide bonds. The van der Waals surface area contributed by atoms with Gasteiger partial charge in [0.1, 0.15) is 5.54 Å². The van der Waals surface area contributed by atoms with Crippen LogP contribution in [0.25, 0.3) is 0 Å². The highest BCUT2D eigenvalue weighted by Crippen LogP contribution is 2.35. The van der Waals surface area contributed by atoms with E-state index in [0.29, 0.717) is 18.4 Å². The molecule has 4 nitrogen and oxygen atoms in total. The lowest BCUT2D eigenvalue weighted by atomic mass is 9.92. The quantitative estimate of drug-likeness (QED) is 0.823. The van der Waals surface area contributed by atoms with Gasteiger partial charge in [0.05, 0.1) is 0 Å². The van der Waals surface area contributed by atoms with Gasteiger partial charge in [-0.15, -0.1) is 0 Å². The average Bonchev–Trinajstić information content (AvgIpc) is 3.39. The fourth-order valence-electron chi connectivity index (χ4n) is 4.19. The molecule has 2 aliphatic carbocycles. The summed E-state index contributed by atoms with van der Waals surface area (Å²) >= 11 is 0. The van der Waals surface area contributed by atoms with Gasteiger partial charge in [-0.05, 0) is 54.0 Å². The summed E-state index contributed by atoms with van der Waals surface area (Å²) in [5.74, 6) is -0.464. The van der Waals surface area contributed by atoms with E-state index in [9.17, 15) is 14.7 Å². The average molecular weight is 363 g/mol. The van der Waals surface area contributed by atoms with E-state index >= 15 is 0 Å². The highest BCUT2D eigenvalue weighted by atomic mass is 16.4. The van der Waals surface area contributed by atoms with Crippen LogP contribution in [0.4, 0.5) is 0 Å². The van der Waals surface area contributed by atoms with Crippen molar-refractivity contribution < 1.29 is 14.7 Å². The molecule has 0 radical (unpaired) electrons. The van der Waals surface area contributed by atoms with Crippen molar-refractivity contribution in [2.24, 2.45) is 5.92 Å². The maximum Gasteiger partial charge on any atom is 0.330 e. The van der Waals surface area contributed by atoms with E-state index in [1.165, 1.54) is 12.8 Å². The zero-order valence-corrected chi connectivity index (χ0v) is 15.6. The Morgan fingerprint density at radius 3 is 2.33 bits per heavy atom. The van der Waals surface area contributed by atoms with E-state index in [2.05, 4.69) is 5.32 Å². The van der Waals surface area contributed by atoms with Crippen LogP contribution in [0, 0.1) is 12.8 Å². The van der Waals surface area contributed by atoms with Gasteiger partial charge in [-0.3, -0.25) is 4.79 Å². The van der Waals surface area contributed by atoms with Crippen LogP contribution in [-0.2, 0) is 24.1 Å². The van der Waals surface area contributed by atoms with Crippen molar-refractivity contribution in [2.75, 3.05) is 0 Å². The SMILES string of the molecule is Cc1cccc(C(=O)NC2(C(=O)O)Cc3ccccc3C2)c1CCC1CC1. The highest BCUT2D eigenvalue weighted by Gasteiger charge is 2.45. The Kier molecular flexibility index (Phi) is 4.50. The van der Waals surface area contributed by atoms with Crippen molar-refractivity contribution >= 4 is 11.9 Å². The largest absolute Gasteiger partial charge is 0.479 e. The molecule has 0 atom stereocenters. The van der Waals surface area contributed by atoms with Crippen molar-refractivity contribution in [3.63, 3.8) is 0 Å². The second-order valence-electron chi connectivity index (χ2n) is 8.05. The first kappa shape index (κ1) is 17.8. The maximum atomic E-state index is 13.1. The van der Waals surface area contributed by atoms with Crippen molar-refractivity contribution in [3.8, 4) is 0 Å². The maximum absolute atomic E-state index is 13.1. The van der Waals surface area contributed by atoms with Crippen molar-refractivity contribution in [2.45, 2.75) is 51.0 Å². The molecule has 0 aliphatic heterocycles. The first-order chi connectivity index (χ1) is 13.0. The van der Waals surface area contributed by atoms with E-state index in [1.807, 2.05) is 49.4 Å². The van der Waals surface area contributed by atoms with Crippen molar-refractivity contribution in [1.82, 2.24) is 5.32 Å². The molecule has 4 rings (SSSR count). The molecule has 2 aromatic carbocycles. The second-order valence-corrected chi connectivity index (χ2v) is 8.05. The normalized spacial score (nSPS) is 17.4. The zero-order valence-electron chi connectivity index (χ0n) is 15.6. The van der Waals surface area contributed by atoms with Gasteiger partial charge in [0, 0.05) is 18.4 Å². The van der Waals surface area contributed by atoms with Crippen LogP contribution in [0.15, 0.2) is 42.5 Å². The van der Waals surface area contributed by atoms with E-state index in [4.69, 9.17) is 0 Å². The zero-order chi connectivity index (χ0) is 19.0. The number of carboxylic acids is 1. The molecule has 4 heteroatoms. The Labute approximate surface area is 159 Å². The van der Waals surface area contributed by atoms with Gasteiger partial charge in [-0.1, -0.05) is 49.2 Å². The van der Waals surface area contributed by atoms with Crippen molar-refractivity contribution in [1.29, 1.82) is 0 Å². The third-order valence-corrected chi connectivity index (χ3v) is 6.02. The Morgan fingerprint density at radius 2 is 1.74 bits per heavy atom. The Morgan fingerprint density at radius 1 is 1.07 bits per heavy atom. The molecule has 0 heterocycles. The number of hydrogen-bond acceptors (Lipinski definition) is 2. The summed E-state index contributed by atoms with van der Waals surface area (Å²) < 4.78 is 0. The minimum Gasteiger partial charge on any atom is -0.479 e. The lowest BCUT2D eigenvalue weighted by Gasteiger charge is -2.26. The van der Waals surface area contributed by atoms with Crippen molar-refractivity contribution in [3.05, 3.63) is 70.3 Å². The summed E-state index contributed by atoms with van der Waals surface area (Å²) in [6, 6.07) is 13.4. The number of fused-ring (bicyclic) bond motifs is 1. The van der Waals surface area contributed by atoms with Gasteiger partial charge < -0.3 is 10.4 Å². The number of amides is 1. The molecular weight excluding hydrogens is 338 g/mol. The molecule has 0 bridgehead atoms. The minimum atomic E-state index is -1.27. The first-order valence-corrected chi connectivity index (χ1v) is 9.70. The van der Waals surface area contributed by atoms with E-state index in [0.717, 1.165) is 41.0 Å². The number of aliphatic carboxylic acids is 1. The summed E-state index contributed by atoms with van der Waals surface area (Å²) in [4.78, 5) is 25.2. The highest BCUT2D eigenvalue weighted by molar-refractivity contribution is 5.99. The summed E-state index contributed by atoms with van der Waals surface area (Å²) in [7, 11) is 0. The monoisotopic (exact) mass is 363 g/mol. The van der Waals surface area contributed by atoms with Gasteiger partial charge in [0.15, 0.2) is 0 Å². The van der Waals surface area contributed by atoms with Crippen LogP contribution in [0.2, 0.25) is 0 Å². The Balaban J connectivity index is 1.59. The number of hydrogen-bond donors (Lipinski definition) is 2. The number of nitrogens with one attached hydrogen (secondary N) is 1. The molecule has 2 aromatic rings. The fraction of sp³-hybridized carbons (Fsp3) is 0.391. The van der Waals surface area contributed by atoms with Gasteiger partial charge in [-0.25, -0.2) is 4.79 Å². The molecule has 0 spiro atoms. The first-order valence-electron chi connectivity index (χ1n) is 9.70. The molecule has 0 saturated heterocycles. The fourth-order valence-corrected chi connectivity index (χ4v) is 4.19. The number of carbonyl (C=O) groups is 2. The van der Waals surface area contributed by atoms with E-state index in [-0.39, 0.29) is 5.91 Å². The predicted octanol–water partition coefficient (Wildman–Crippen LogP) is 3.69. The molecule has 2 N–H and O–H groups in total. The molecule has 1 fully saturated rings. The lowest BCUT2D eigenvalue weighted by molar-refractivity contribution is -0.144. The smallest absolute Gasteiger partial charge is 0.330 e. The van der Waals surface area contributed by atoms with Gasteiger partial charge in [0.2, 0.25) is 0 Å². The molecule has 2 aliphatic rings. The lowest BCUT2D eigenvalue weighted by Crippen LogP contribution is -2.55. The summed E-state index contributed by atoms with van der Waals surface area (Å²) in [6.07, 6.45) is 5.20. The van der Waals surface area contributed by atoms with Crippen LogP contribution in [0.5, 0.6) is 0 Å². The third-order valence-electron chi connectivity index (χ3n) is 6.02. The van der Waals surface area contributed by atoms with Crippen LogP contribution >= 0.6 is 0 Å². The second kappa shape index (κ2) is 6.84.